The number of benzene rings is 19. The highest BCUT2D eigenvalue weighted by atomic mass is 15.2. The van der Waals surface area contributed by atoms with E-state index in [1.54, 1.807) is 0 Å². The van der Waals surface area contributed by atoms with Crippen LogP contribution in [-0.2, 0) is 10.8 Å². The monoisotopic (exact) mass is 1600 g/mol. The average molecular weight is 1610 g/mol. The summed E-state index contributed by atoms with van der Waals surface area (Å²) in [7, 11) is 6.33. The Labute approximate surface area is 734 Å². The number of para-hydroxylation sites is 7. The molecule has 598 valence electrons. The maximum Gasteiger partial charge on any atom is 0.0726 e. The minimum Gasteiger partial charge on any atom is -0.345 e. The average Bonchev–Trinajstić information content (AvgIpc) is 1.51. The molecule has 0 atom stereocenters. The van der Waals surface area contributed by atoms with Crippen LogP contribution in [0.15, 0.2) is 504 Å². The van der Waals surface area contributed by atoms with E-state index >= 15 is 0 Å². The van der Waals surface area contributed by atoms with E-state index < -0.39 is 5.41 Å². The fourth-order valence-corrected chi connectivity index (χ4v) is 19.2. The van der Waals surface area contributed by atoms with E-state index in [1.807, 2.05) is 6.07 Å². The highest BCUT2D eigenvalue weighted by molar-refractivity contribution is 5.97. The van der Waals surface area contributed by atoms with Gasteiger partial charge in [-0.15, -0.1) is 0 Å². The Morgan fingerprint density at radius 1 is 0.136 bits per heavy atom. The Morgan fingerprint density at radius 3 is 0.600 bits per heavy atom. The summed E-state index contributed by atoms with van der Waals surface area (Å²) in [5, 5.41) is 0. The van der Waals surface area contributed by atoms with Crippen LogP contribution in [0.2, 0.25) is 0 Å². The second kappa shape index (κ2) is 34.2. The van der Waals surface area contributed by atoms with Gasteiger partial charge in [0.2, 0.25) is 0 Å². The minimum atomic E-state index is -0.449. The van der Waals surface area contributed by atoms with Crippen LogP contribution >= 0.6 is 0 Å². The van der Waals surface area contributed by atoms with Crippen molar-refractivity contribution in [3.8, 4) is 44.5 Å². The predicted octanol–water partition coefficient (Wildman–Crippen LogP) is 31.1. The summed E-state index contributed by atoms with van der Waals surface area (Å²) >= 11 is 0. The van der Waals surface area contributed by atoms with Crippen molar-refractivity contribution in [3.63, 3.8) is 0 Å². The van der Waals surface area contributed by atoms with Gasteiger partial charge in [0.1, 0.15) is 0 Å². The van der Waals surface area contributed by atoms with Crippen LogP contribution in [-0.4, -0.2) is 21.1 Å². The molecule has 0 radical (unpaired) electrons. The first-order valence-electron chi connectivity index (χ1n) is 43.0. The summed E-state index contributed by atoms with van der Waals surface area (Å²) in [5.74, 6) is 0. The van der Waals surface area contributed by atoms with Crippen LogP contribution in [0.5, 0.6) is 0 Å². The van der Waals surface area contributed by atoms with E-state index in [-0.39, 0.29) is 5.41 Å². The zero-order valence-corrected chi connectivity index (χ0v) is 70.1. The lowest BCUT2D eigenvalue weighted by Crippen LogP contribution is -2.28. The summed E-state index contributed by atoms with van der Waals surface area (Å²) in [6, 6.07) is 181. The zero-order chi connectivity index (χ0) is 84.1. The number of hydrogen-bond acceptors (Lipinski definition) is 6. The van der Waals surface area contributed by atoms with Gasteiger partial charge in [0, 0.05) is 106 Å². The highest BCUT2D eigenvalue weighted by Gasteiger charge is 2.52. The molecule has 19 aromatic carbocycles. The highest BCUT2D eigenvalue weighted by Crippen LogP contribution is 2.64. The molecule has 6 nitrogen and oxygen atoms in total. The summed E-state index contributed by atoms with van der Waals surface area (Å²) in [5.41, 5.74) is 37.1. The van der Waals surface area contributed by atoms with E-state index in [2.05, 4.69) is 548 Å². The lowest BCUT2D eigenvalue weighted by molar-refractivity contribution is 0.768. The van der Waals surface area contributed by atoms with E-state index in [0.29, 0.717) is 0 Å². The number of nitrogens with zero attached hydrogens (tertiary/aromatic N) is 6. The lowest BCUT2D eigenvalue weighted by atomic mass is 9.67. The van der Waals surface area contributed by atoms with Gasteiger partial charge in [-0.05, 0) is 271 Å². The number of fused-ring (bicyclic) bond motifs is 13. The normalized spacial score (nSPS) is 12.2. The van der Waals surface area contributed by atoms with Crippen molar-refractivity contribution in [2.24, 2.45) is 0 Å². The quantitative estimate of drug-likeness (QED) is 0.0847. The molecule has 0 fully saturated rings. The molecule has 0 saturated carbocycles. The SMILES string of the molecule is CN(c1ccccc1)c1ccc(-c2ccc(N(c3ccccc3)c3ccccc3)cc2)cc1.CN(c1ccccc1)c1ccc(N(c2ccccc2)c2ccc3c(c2)C(c2ccccc2)(c2ccccc2)c2ccccc2-3)cc1.CN(c1ccccc1)c1ccc(N(c2ccccc2)c2ccc3c(c2)C2(c4ccccc4-c4ccccc42)c2ccccc2-3)cc1. The molecule has 22 rings (SSSR count). The van der Waals surface area contributed by atoms with E-state index in [1.165, 1.54) is 100 Å². The topological polar surface area (TPSA) is 19.4 Å². The third-order valence-electron chi connectivity index (χ3n) is 25.1. The molecule has 0 heterocycles. The smallest absolute Gasteiger partial charge is 0.0726 e. The molecule has 19 aromatic rings. The van der Waals surface area contributed by atoms with Crippen LogP contribution < -0.4 is 29.4 Å². The second-order valence-electron chi connectivity index (χ2n) is 32.0. The third kappa shape index (κ3) is 14.4. The maximum atomic E-state index is 2.45. The molecule has 0 aromatic heterocycles. The standard InChI is InChI=1S/C44H32N2.C44H34N2.C31H26N2/c1-45(31-14-4-2-5-15-31)32-24-26-34(27-25-32)46(33-16-6-3-7-17-33)35-28-29-39-38-20-10-13-23-42(38)44(43(39)30-35)40-21-11-8-18-36(40)37-19-9-12-22-41(37)44;1-45(35-20-10-4-11-21-35)36-26-28-38(29-27-36)46(37-22-12-5-13-23-37)39-30-31-41-40-24-14-15-25-42(40)44(43(41)32-39,33-16-6-2-7-17-33)34-18-8-3-9-19-34;1-32(27-11-5-2-6-12-27)28-21-17-25(18-22-28)26-19-23-31(24-20-26)33(29-13-7-3-8-14-29)30-15-9-4-10-16-30/h2-30H,1H3;2-32H,1H3;2-24H,1H3. The van der Waals surface area contributed by atoms with Gasteiger partial charge in [-0.2, -0.15) is 0 Å². The zero-order valence-electron chi connectivity index (χ0n) is 70.1. The van der Waals surface area contributed by atoms with E-state index in [0.717, 1.165) is 73.9 Å². The van der Waals surface area contributed by atoms with Crippen molar-refractivity contribution in [2.45, 2.75) is 10.8 Å². The Balaban J connectivity index is 0.000000120. The van der Waals surface area contributed by atoms with Gasteiger partial charge in [-0.1, -0.05) is 322 Å². The maximum absolute atomic E-state index is 2.45. The van der Waals surface area contributed by atoms with Crippen LogP contribution in [0.25, 0.3) is 44.5 Å². The predicted molar refractivity (Wildman–Crippen MR) is 526 cm³/mol. The number of rotatable bonds is 18. The summed E-state index contributed by atoms with van der Waals surface area (Å²) < 4.78 is 0. The van der Waals surface area contributed by atoms with Crippen LogP contribution in [0.1, 0.15) is 44.5 Å². The lowest BCUT2D eigenvalue weighted by Gasteiger charge is -2.35. The van der Waals surface area contributed by atoms with E-state index in [9.17, 15) is 0 Å². The Hall–Kier alpha value is -16.0. The molecule has 1 spiro atoms. The molecule has 0 N–H and O–H groups in total. The first-order chi connectivity index (χ1) is 61.8. The second-order valence-corrected chi connectivity index (χ2v) is 32.0. The van der Waals surface area contributed by atoms with Gasteiger partial charge >= 0.3 is 0 Å². The Kier molecular flexibility index (Phi) is 21.3. The third-order valence-corrected chi connectivity index (χ3v) is 25.1. The van der Waals surface area contributed by atoms with Crippen LogP contribution in [0.3, 0.4) is 0 Å². The number of hydrogen-bond donors (Lipinski definition) is 0. The molecule has 0 saturated heterocycles. The fraction of sp³-hybridized carbons (Fsp3) is 0.0420. The van der Waals surface area contributed by atoms with Gasteiger partial charge in [-0.25, -0.2) is 0 Å². The van der Waals surface area contributed by atoms with Crippen molar-refractivity contribution in [2.75, 3.05) is 50.5 Å². The van der Waals surface area contributed by atoms with Crippen molar-refractivity contribution in [1.82, 2.24) is 0 Å². The van der Waals surface area contributed by atoms with Crippen molar-refractivity contribution in [1.29, 1.82) is 0 Å². The summed E-state index contributed by atoms with van der Waals surface area (Å²) in [6.45, 7) is 0. The molecule has 0 bridgehead atoms. The number of anilines is 15. The summed E-state index contributed by atoms with van der Waals surface area (Å²) in [6.07, 6.45) is 0. The van der Waals surface area contributed by atoms with Crippen molar-refractivity contribution >= 4 is 85.3 Å². The van der Waals surface area contributed by atoms with Gasteiger partial charge < -0.3 is 29.4 Å². The first-order valence-corrected chi connectivity index (χ1v) is 43.0. The Morgan fingerprint density at radius 2 is 0.312 bits per heavy atom. The molecule has 125 heavy (non-hydrogen) atoms. The van der Waals surface area contributed by atoms with Gasteiger partial charge in [0.25, 0.3) is 0 Å². The van der Waals surface area contributed by atoms with Crippen molar-refractivity contribution in [3.05, 3.63) is 548 Å². The molecule has 6 heteroatoms. The van der Waals surface area contributed by atoms with E-state index in [4.69, 9.17) is 0 Å². The molecule has 0 unspecified atom stereocenters. The van der Waals surface area contributed by atoms with Gasteiger partial charge in [-0.3, -0.25) is 0 Å². The van der Waals surface area contributed by atoms with Gasteiger partial charge in [0.05, 0.1) is 10.8 Å². The summed E-state index contributed by atoms with van der Waals surface area (Å²) in [4.78, 5) is 13.7. The molecular formula is C119H92N6. The van der Waals surface area contributed by atoms with Crippen LogP contribution in [0.4, 0.5) is 85.3 Å². The van der Waals surface area contributed by atoms with Crippen molar-refractivity contribution < 1.29 is 0 Å². The fourth-order valence-electron chi connectivity index (χ4n) is 19.2. The minimum absolute atomic E-state index is 0.375. The molecule has 0 aliphatic heterocycles. The Bertz CT molecular complexity index is 6530. The largest absolute Gasteiger partial charge is 0.345 e. The molecular weight excluding hydrogens is 1510 g/mol. The molecule has 0 amide bonds. The molecule has 3 aliphatic carbocycles. The van der Waals surface area contributed by atoms with Gasteiger partial charge in [0.15, 0.2) is 0 Å². The first kappa shape index (κ1) is 77.6. The molecule has 3 aliphatic rings. The van der Waals surface area contributed by atoms with Crippen LogP contribution in [0, 0.1) is 0 Å².